The molecule has 0 fully saturated rings. The molecule has 1 aliphatic rings. The van der Waals surface area contributed by atoms with Crippen molar-refractivity contribution in [3.63, 3.8) is 0 Å². The summed E-state index contributed by atoms with van der Waals surface area (Å²) in [5.74, 6) is -1.65. The van der Waals surface area contributed by atoms with Crippen LogP contribution >= 0.6 is 50.6 Å². The van der Waals surface area contributed by atoms with Gasteiger partial charge in [-0.15, -0.1) is 10.2 Å². The zero-order valence-corrected chi connectivity index (χ0v) is 24.2. The number of anilines is 1. The molecule has 1 atom stereocenters. The fourth-order valence-electron chi connectivity index (χ4n) is 4.38. The summed E-state index contributed by atoms with van der Waals surface area (Å²) in [5.41, 5.74) is 1.72. The first-order valence-electron chi connectivity index (χ1n) is 11.8. The molecule has 200 valence electrons. The average Bonchev–Trinajstić information content (AvgIpc) is 3.66. The van der Waals surface area contributed by atoms with E-state index in [1.807, 2.05) is 24.3 Å². The van der Waals surface area contributed by atoms with Crippen molar-refractivity contribution in [3.05, 3.63) is 111 Å². The number of furan rings is 1. The van der Waals surface area contributed by atoms with Crippen LogP contribution in [0, 0.1) is 0 Å². The summed E-state index contributed by atoms with van der Waals surface area (Å²) in [6.45, 7) is 0. The molecular formula is C28H17BrClN3O5S2. The number of nitrogens with zero attached hydrogens (tertiary/aromatic N) is 3. The molecule has 6 rings (SSSR count). The van der Waals surface area contributed by atoms with E-state index < -0.39 is 23.5 Å². The van der Waals surface area contributed by atoms with Crippen molar-refractivity contribution >= 4 is 78.4 Å². The van der Waals surface area contributed by atoms with E-state index in [0.717, 1.165) is 16.9 Å². The monoisotopic (exact) mass is 653 g/mol. The third-order valence-corrected chi connectivity index (χ3v) is 9.41. The van der Waals surface area contributed by atoms with E-state index in [2.05, 4.69) is 26.1 Å². The molecule has 3 aromatic carbocycles. The van der Waals surface area contributed by atoms with Gasteiger partial charge in [-0.25, -0.2) is 0 Å². The van der Waals surface area contributed by atoms with Gasteiger partial charge in [-0.3, -0.25) is 14.5 Å². The number of carbonyl (C=O) groups is 2. The quantitative estimate of drug-likeness (QED) is 0.105. The molecule has 0 saturated carbocycles. The molecular weight excluding hydrogens is 638 g/mol. The number of aliphatic hydroxyl groups is 1. The lowest BCUT2D eigenvalue weighted by atomic mass is 9.95. The Kier molecular flexibility index (Phi) is 7.13. The molecule has 3 heterocycles. The number of amides is 1. The minimum atomic E-state index is -1.06. The number of thioether (sulfide) groups is 1. The van der Waals surface area contributed by atoms with E-state index in [-0.39, 0.29) is 22.2 Å². The van der Waals surface area contributed by atoms with Crippen LogP contribution in [0.25, 0.3) is 11.0 Å². The van der Waals surface area contributed by atoms with Gasteiger partial charge in [-0.05, 0) is 57.4 Å². The molecule has 5 aromatic rings. The molecule has 0 aliphatic carbocycles. The van der Waals surface area contributed by atoms with E-state index in [4.69, 9.17) is 16.0 Å². The standard InChI is InChI=1S/C28H17BrClN3O5S2/c29-17-11-15(9-10-19(17)34)23-22(24(35)21-12-14-5-2-4-8-20(14)38-21)25(36)26(37)33(23)27-31-32-28(40-27)39-13-16-6-1-3-7-18(16)30/h1-12,23,34,36H,13H2. The topological polar surface area (TPSA) is 117 Å². The van der Waals surface area contributed by atoms with Crippen molar-refractivity contribution < 1.29 is 24.2 Å². The van der Waals surface area contributed by atoms with Crippen LogP contribution < -0.4 is 4.90 Å². The number of phenolic OH excluding ortho intramolecular Hbond substituents is 1. The first-order chi connectivity index (χ1) is 19.3. The highest BCUT2D eigenvalue weighted by atomic mass is 79.9. The van der Waals surface area contributed by atoms with Gasteiger partial charge in [0, 0.05) is 16.2 Å². The van der Waals surface area contributed by atoms with Crippen LogP contribution in [0.1, 0.15) is 27.7 Å². The largest absolute Gasteiger partial charge is 0.507 e. The summed E-state index contributed by atoms with van der Waals surface area (Å²) in [7, 11) is 0. The second kappa shape index (κ2) is 10.7. The normalized spacial score (nSPS) is 15.4. The summed E-state index contributed by atoms with van der Waals surface area (Å²) in [6.07, 6.45) is 0. The summed E-state index contributed by atoms with van der Waals surface area (Å²) in [4.78, 5) is 28.5. The van der Waals surface area contributed by atoms with Crippen LogP contribution in [0.5, 0.6) is 5.75 Å². The van der Waals surface area contributed by atoms with Crippen LogP contribution in [0.4, 0.5) is 5.13 Å². The fourth-order valence-corrected chi connectivity index (χ4v) is 6.93. The van der Waals surface area contributed by atoms with Gasteiger partial charge in [0.05, 0.1) is 16.1 Å². The summed E-state index contributed by atoms with van der Waals surface area (Å²) < 4.78 is 6.70. The van der Waals surface area contributed by atoms with Gasteiger partial charge in [-0.2, -0.15) is 0 Å². The predicted octanol–water partition coefficient (Wildman–Crippen LogP) is 7.48. The summed E-state index contributed by atoms with van der Waals surface area (Å²) in [5, 5.41) is 31.1. The maximum absolute atomic E-state index is 13.8. The van der Waals surface area contributed by atoms with Crippen molar-refractivity contribution in [1.82, 2.24) is 10.2 Å². The van der Waals surface area contributed by atoms with Gasteiger partial charge in [0.2, 0.25) is 10.9 Å². The number of rotatable bonds is 7. The summed E-state index contributed by atoms with van der Waals surface area (Å²) >= 11 is 12.1. The zero-order valence-electron chi connectivity index (χ0n) is 20.2. The van der Waals surface area contributed by atoms with Crippen molar-refractivity contribution in [2.75, 3.05) is 4.90 Å². The minimum Gasteiger partial charge on any atom is -0.507 e. The Labute approximate surface area is 249 Å². The Bertz CT molecular complexity index is 1800. The molecule has 0 radical (unpaired) electrons. The predicted molar refractivity (Wildman–Crippen MR) is 157 cm³/mol. The summed E-state index contributed by atoms with van der Waals surface area (Å²) in [6, 6.07) is 19.7. The molecule has 1 unspecified atom stereocenters. The molecule has 0 bridgehead atoms. The van der Waals surface area contributed by atoms with Crippen molar-refractivity contribution in [2.45, 2.75) is 16.1 Å². The van der Waals surface area contributed by atoms with Gasteiger partial charge in [0.1, 0.15) is 11.3 Å². The van der Waals surface area contributed by atoms with E-state index in [1.54, 1.807) is 42.5 Å². The van der Waals surface area contributed by atoms with E-state index >= 15 is 0 Å². The third kappa shape index (κ3) is 4.79. The Balaban J connectivity index is 1.38. The second-order valence-electron chi connectivity index (χ2n) is 8.76. The fraction of sp³-hybridized carbons (Fsp3) is 0.0714. The van der Waals surface area contributed by atoms with E-state index in [0.29, 0.717) is 36.1 Å². The number of aromatic hydroxyl groups is 1. The molecule has 1 aliphatic heterocycles. The highest BCUT2D eigenvalue weighted by Gasteiger charge is 2.47. The van der Waals surface area contributed by atoms with Gasteiger partial charge in [-0.1, -0.05) is 77.2 Å². The highest BCUT2D eigenvalue weighted by Crippen LogP contribution is 2.45. The number of aliphatic hydroxyl groups excluding tert-OH is 1. The van der Waals surface area contributed by atoms with Crippen molar-refractivity contribution in [3.8, 4) is 5.75 Å². The van der Waals surface area contributed by atoms with Crippen LogP contribution in [0.2, 0.25) is 5.02 Å². The molecule has 2 aromatic heterocycles. The number of benzene rings is 3. The second-order valence-corrected chi connectivity index (χ2v) is 12.2. The van der Waals surface area contributed by atoms with Gasteiger partial charge in [0.15, 0.2) is 15.9 Å². The smallest absolute Gasteiger partial charge is 0.296 e. The van der Waals surface area contributed by atoms with Crippen molar-refractivity contribution in [2.24, 2.45) is 0 Å². The van der Waals surface area contributed by atoms with Crippen molar-refractivity contribution in [1.29, 1.82) is 0 Å². The molecule has 0 spiro atoms. The van der Waals surface area contributed by atoms with Crippen LogP contribution in [0.15, 0.2) is 97.4 Å². The number of fused-ring (bicyclic) bond motifs is 1. The zero-order chi connectivity index (χ0) is 28.0. The van der Waals surface area contributed by atoms with Gasteiger partial charge < -0.3 is 14.6 Å². The molecule has 12 heteroatoms. The Morgan fingerprint density at radius 3 is 2.62 bits per heavy atom. The van der Waals surface area contributed by atoms with Crippen LogP contribution in [-0.2, 0) is 10.5 Å². The lowest BCUT2D eigenvalue weighted by Crippen LogP contribution is -2.31. The Morgan fingerprint density at radius 1 is 1.07 bits per heavy atom. The minimum absolute atomic E-state index is 0.0199. The van der Waals surface area contributed by atoms with E-state index in [9.17, 15) is 19.8 Å². The maximum atomic E-state index is 13.8. The van der Waals surface area contributed by atoms with Gasteiger partial charge in [0.25, 0.3) is 5.91 Å². The number of ketones is 1. The molecule has 8 nitrogen and oxygen atoms in total. The van der Waals surface area contributed by atoms with Crippen LogP contribution in [-0.4, -0.2) is 32.1 Å². The number of phenols is 1. The first-order valence-corrected chi connectivity index (χ1v) is 14.8. The lowest BCUT2D eigenvalue weighted by Gasteiger charge is -2.24. The highest BCUT2D eigenvalue weighted by molar-refractivity contribution is 9.10. The molecule has 1 amide bonds. The third-order valence-electron chi connectivity index (χ3n) is 6.30. The van der Waals surface area contributed by atoms with E-state index in [1.165, 1.54) is 22.7 Å². The molecule has 0 saturated heterocycles. The Hall–Kier alpha value is -3.64. The number of Topliss-reactive ketones (excluding diaryl/α,β-unsaturated/α-hetero) is 1. The Morgan fingerprint density at radius 2 is 1.85 bits per heavy atom. The number of hydrogen-bond acceptors (Lipinski definition) is 9. The first kappa shape index (κ1) is 26.6. The molecule has 2 N–H and O–H groups in total. The van der Waals surface area contributed by atoms with Gasteiger partial charge >= 0.3 is 0 Å². The average molecular weight is 655 g/mol. The SMILES string of the molecule is O=C(C1=C(O)C(=O)N(c2nnc(SCc3ccccc3Cl)s2)C1c1ccc(O)c(Br)c1)c1cc2ccccc2o1. The maximum Gasteiger partial charge on any atom is 0.296 e. The number of hydrogen-bond donors (Lipinski definition) is 2. The van der Waals surface area contributed by atoms with Crippen LogP contribution in [0.3, 0.4) is 0 Å². The lowest BCUT2D eigenvalue weighted by molar-refractivity contribution is -0.117. The number of aromatic nitrogens is 2. The molecule has 40 heavy (non-hydrogen) atoms. The number of halogens is 2. The number of carbonyl (C=O) groups excluding carboxylic acids is 2. The number of para-hydroxylation sites is 1.